The van der Waals surface area contributed by atoms with Crippen LogP contribution in [0.3, 0.4) is 0 Å². The number of hydrogen-bond donors (Lipinski definition) is 1. The number of benzene rings is 2. The van der Waals surface area contributed by atoms with Gasteiger partial charge in [0, 0.05) is 10.9 Å². The lowest BCUT2D eigenvalue weighted by atomic mass is 9.95. The van der Waals surface area contributed by atoms with E-state index in [4.69, 9.17) is 4.74 Å². The van der Waals surface area contributed by atoms with Crippen LogP contribution in [0.2, 0.25) is 0 Å². The average molecular weight is 335 g/mol. The van der Waals surface area contributed by atoms with E-state index in [-0.39, 0.29) is 5.56 Å². The highest BCUT2D eigenvalue weighted by atomic mass is 16.5. The summed E-state index contributed by atoms with van der Waals surface area (Å²) in [5.74, 6) is 0.192. The molecule has 0 bridgehead atoms. The average Bonchev–Trinajstić information content (AvgIpc) is 2.65. The van der Waals surface area contributed by atoms with Crippen molar-refractivity contribution in [2.75, 3.05) is 7.11 Å². The number of carbonyl (C=O) groups is 1. The van der Waals surface area contributed by atoms with Crippen LogP contribution >= 0.6 is 0 Å². The minimum Gasteiger partial charge on any atom is -0.497 e. The van der Waals surface area contributed by atoms with Gasteiger partial charge in [0.15, 0.2) is 0 Å². The molecule has 0 aliphatic heterocycles. The van der Waals surface area contributed by atoms with Gasteiger partial charge in [0.1, 0.15) is 5.75 Å². The van der Waals surface area contributed by atoms with E-state index < -0.39 is 5.97 Å². The fourth-order valence-electron chi connectivity index (χ4n) is 2.87. The molecule has 0 spiro atoms. The summed E-state index contributed by atoms with van der Waals surface area (Å²) >= 11 is 0. The summed E-state index contributed by atoms with van der Waals surface area (Å²) in [6, 6.07) is 15.0. The summed E-state index contributed by atoms with van der Waals surface area (Å²) in [5.41, 5.74) is 3.61. The Morgan fingerprint density at radius 3 is 2.48 bits per heavy atom. The first-order chi connectivity index (χ1) is 12.0. The fraction of sp³-hybridized carbons (Fsp3) is 0.238. The Morgan fingerprint density at radius 2 is 1.88 bits per heavy atom. The minimum absolute atomic E-state index is 0.279. The van der Waals surface area contributed by atoms with Crippen LogP contribution in [0.5, 0.6) is 5.75 Å². The number of ether oxygens (including phenoxy) is 1. The Kier molecular flexibility index (Phi) is 4.70. The highest BCUT2D eigenvalue weighted by molar-refractivity contribution is 6.04. The molecule has 1 N–H and O–H groups in total. The molecular formula is C21H21NO3. The summed E-state index contributed by atoms with van der Waals surface area (Å²) in [7, 11) is 1.61. The van der Waals surface area contributed by atoms with E-state index in [2.05, 4.69) is 18.8 Å². The molecule has 0 aliphatic rings. The minimum atomic E-state index is -0.941. The monoisotopic (exact) mass is 335 g/mol. The molecule has 1 unspecified atom stereocenters. The van der Waals surface area contributed by atoms with Crippen molar-refractivity contribution in [1.82, 2.24) is 4.98 Å². The van der Waals surface area contributed by atoms with Crippen LogP contribution < -0.4 is 4.74 Å². The molecule has 3 rings (SSSR count). The largest absolute Gasteiger partial charge is 0.497 e. The molecule has 1 heterocycles. The second-order valence-corrected chi connectivity index (χ2v) is 6.17. The van der Waals surface area contributed by atoms with Crippen molar-refractivity contribution in [3.8, 4) is 17.0 Å². The maximum Gasteiger partial charge on any atom is 0.336 e. The summed E-state index contributed by atoms with van der Waals surface area (Å²) in [6.45, 7) is 4.26. The second-order valence-electron chi connectivity index (χ2n) is 6.17. The Bertz CT molecular complexity index is 916. The number of methoxy groups -OCH3 is 1. The van der Waals surface area contributed by atoms with Gasteiger partial charge in [-0.2, -0.15) is 0 Å². The molecule has 0 radical (unpaired) electrons. The number of aromatic nitrogens is 1. The van der Waals surface area contributed by atoms with Gasteiger partial charge in [-0.05, 0) is 60.4 Å². The molecule has 0 aliphatic carbocycles. The van der Waals surface area contributed by atoms with E-state index in [1.165, 1.54) is 0 Å². The van der Waals surface area contributed by atoms with E-state index in [1.807, 2.05) is 42.5 Å². The molecule has 2 aromatic carbocycles. The standard InChI is InChI=1S/C21H21NO3/c1-4-13(2)15-7-10-19-17(11-15)18(21(23)24)12-20(22-19)14-5-8-16(25-3)9-6-14/h5-13H,4H2,1-3H3,(H,23,24). The number of hydrogen-bond acceptors (Lipinski definition) is 3. The third-order valence-electron chi connectivity index (χ3n) is 4.63. The van der Waals surface area contributed by atoms with Gasteiger partial charge in [0.25, 0.3) is 0 Å². The van der Waals surface area contributed by atoms with Crippen molar-refractivity contribution in [2.24, 2.45) is 0 Å². The molecule has 25 heavy (non-hydrogen) atoms. The first kappa shape index (κ1) is 17.0. The molecule has 1 atom stereocenters. The normalized spacial score (nSPS) is 12.1. The van der Waals surface area contributed by atoms with Crippen LogP contribution in [-0.2, 0) is 0 Å². The Morgan fingerprint density at radius 1 is 1.16 bits per heavy atom. The SMILES string of the molecule is CCC(C)c1ccc2nc(-c3ccc(OC)cc3)cc(C(=O)O)c2c1. The summed E-state index contributed by atoms with van der Waals surface area (Å²) in [5, 5.41) is 10.4. The van der Waals surface area contributed by atoms with E-state index in [1.54, 1.807) is 13.2 Å². The fourth-order valence-corrected chi connectivity index (χ4v) is 2.87. The van der Waals surface area contributed by atoms with Crippen molar-refractivity contribution in [2.45, 2.75) is 26.2 Å². The predicted molar refractivity (Wildman–Crippen MR) is 99.4 cm³/mol. The van der Waals surface area contributed by atoms with Crippen LogP contribution in [0.1, 0.15) is 42.1 Å². The number of aromatic carboxylic acids is 1. The zero-order chi connectivity index (χ0) is 18.0. The van der Waals surface area contributed by atoms with E-state index in [0.717, 1.165) is 23.3 Å². The van der Waals surface area contributed by atoms with Gasteiger partial charge in [-0.3, -0.25) is 0 Å². The topological polar surface area (TPSA) is 59.4 Å². The zero-order valence-corrected chi connectivity index (χ0v) is 14.6. The van der Waals surface area contributed by atoms with Gasteiger partial charge in [0.05, 0.1) is 23.9 Å². The van der Waals surface area contributed by atoms with Crippen molar-refractivity contribution in [3.63, 3.8) is 0 Å². The molecule has 0 saturated heterocycles. The number of pyridine rings is 1. The van der Waals surface area contributed by atoms with Crippen LogP contribution in [-0.4, -0.2) is 23.2 Å². The lowest BCUT2D eigenvalue weighted by Crippen LogP contribution is -2.01. The molecule has 4 nitrogen and oxygen atoms in total. The lowest BCUT2D eigenvalue weighted by Gasteiger charge is -2.12. The molecule has 3 aromatic rings. The molecule has 0 amide bonds. The van der Waals surface area contributed by atoms with E-state index in [0.29, 0.717) is 22.5 Å². The van der Waals surface area contributed by atoms with Gasteiger partial charge >= 0.3 is 5.97 Å². The first-order valence-corrected chi connectivity index (χ1v) is 8.36. The van der Waals surface area contributed by atoms with Gasteiger partial charge in [-0.15, -0.1) is 0 Å². The van der Waals surface area contributed by atoms with E-state index >= 15 is 0 Å². The number of nitrogens with zero attached hydrogens (tertiary/aromatic N) is 1. The number of carboxylic acid groups (broad SMARTS) is 1. The molecule has 0 saturated carbocycles. The Hall–Kier alpha value is -2.88. The molecule has 128 valence electrons. The zero-order valence-electron chi connectivity index (χ0n) is 14.6. The van der Waals surface area contributed by atoms with Gasteiger partial charge < -0.3 is 9.84 Å². The molecular weight excluding hydrogens is 314 g/mol. The number of carboxylic acids is 1. The summed E-state index contributed by atoms with van der Waals surface area (Å²) < 4.78 is 5.17. The summed E-state index contributed by atoms with van der Waals surface area (Å²) in [6.07, 6.45) is 1.01. The van der Waals surface area contributed by atoms with Gasteiger partial charge in [-0.1, -0.05) is 19.9 Å². The van der Waals surface area contributed by atoms with Gasteiger partial charge in [-0.25, -0.2) is 9.78 Å². The van der Waals surface area contributed by atoms with Crippen LogP contribution in [0.25, 0.3) is 22.2 Å². The molecule has 0 fully saturated rings. The predicted octanol–water partition coefficient (Wildman–Crippen LogP) is 5.12. The van der Waals surface area contributed by atoms with Crippen molar-refractivity contribution >= 4 is 16.9 Å². The smallest absolute Gasteiger partial charge is 0.336 e. The number of fused-ring (bicyclic) bond motifs is 1. The highest BCUT2D eigenvalue weighted by Gasteiger charge is 2.15. The quantitative estimate of drug-likeness (QED) is 0.703. The lowest BCUT2D eigenvalue weighted by molar-refractivity contribution is 0.0699. The second kappa shape index (κ2) is 6.93. The Balaban J connectivity index is 2.17. The maximum absolute atomic E-state index is 11.8. The van der Waals surface area contributed by atoms with Crippen molar-refractivity contribution in [3.05, 3.63) is 59.7 Å². The maximum atomic E-state index is 11.8. The van der Waals surface area contributed by atoms with Gasteiger partial charge in [0.2, 0.25) is 0 Å². The highest BCUT2D eigenvalue weighted by Crippen LogP contribution is 2.29. The molecule has 4 heteroatoms. The van der Waals surface area contributed by atoms with Crippen LogP contribution in [0.15, 0.2) is 48.5 Å². The van der Waals surface area contributed by atoms with Crippen LogP contribution in [0, 0.1) is 0 Å². The first-order valence-electron chi connectivity index (χ1n) is 8.36. The number of rotatable bonds is 5. The Labute approximate surface area is 147 Å². The van der Waals surface area contributed by atoms with Crippen molar-refractivity contribution < 1.29 is 14.6 Å². The third-order valence-corrected chi connectivity index (χ3v) is 4.63. The third kappa shape index (κ3) is 3.33. The van der Waals surface area contributed by atoms with Crippen LogP contribution in [0.4, 0.5) is 0 Å². The van der Waals surface area contributed by atoms with Crippen molar-refractivity contribution in [1.29, 1.82) is 0 Å². The molecule has 1 aromatic heterocycles. The summed E-state index contributed by atoms with van der Waals surface area (Å²) in [4.78, 5) is 16.5. The van der Waals surface area contributed by atoms with E-state index in [9.17, 15) is 9.90 Å².